The summed E-state index contributed by atoms with van der Waals surface area (Å²) in [6.07, 6.45) is 0.264. The van der Waals surface area contributed by atoms with E-state index < -0.39 is 10.0 Å². The van der Waals surface area contributed by atoms with Crippen molar-refractivity contribution in [1.29, 1.82) is 0 Å². The van der Waals surface area contributed by atoms with Gasteiger partial charge in [0.2, 0.25) is 10.0 Å². The quantitative estimate of drug-likeness (QED) is 0.859. The van der Waals surface area contributed by atoms with Gasteiger partial charge in [-0.25, -0.2) is 13.2 Å². The number of urea groups is 1. The lowest BCUT2D eigenvalue weighted by molar-refractivity contribution is -0.111. The molecule has 3 rings (SSSR count). The summed E-state index contributed by atoms with van der Waals surface area (Å²) in [7, 11) is -3.55. The van der Waals surface area contributed by atoms with Gasteiger partial charge in [-0.2, -0.15) is 4.31 Å². The second-order valence-electron chi connectivity index (χ2n) is 7.18. The third-order valence-corrected chi connectivity index (χ3v) is 6.77. The normalized spacial score (nSPS) is 25.0. The average molecular weight is 381 g/mol. The fourth-order valence-corrected chi connectivity index (χ4v) is 4.95. The van der Waals surface area contributed by atoms with Gasteiger partial charge >= 0.3 is 6.03 Å². The van der Waals surface area contributed by atoms with Gasteiger partial charge in [0.05, 0.1) is 30.2 Å². The molecule has 2 amide bonds. The number of hydrogen-bond donors (Lipinski definition) is 1. The van der Waals surface area contributed by atoms with Crippen molar-refractivity contribution < 1.29 is 17.9 Å². The number of rotatable bonds is 4. The first-order chi connectivity index (χ1) is 12.3. The molecule has 0 spiro atoms. The van der Waals surface area contributed by atoms with Crippen LogP contribution in [0.25, 0.3) is 0 Å². The van der Waals surface area contributed by atoms with Crippen molar-refractivity contribution in [2.45, 2.75) is 50.3 Å². The van der Waals surface area contributed by atoms with Crippen LogP contribution in [0.4, 0.5) is 4.79 Å². The Hall–Kier alpha value is -1.64. The highest BCUT2D eigenvalue weighted by molar-refractivity contribution is 7.89. The minimum Gasteiger partial charge on any atom is -0.369 e. The summed E-state index contributed by atoms with van der Waals surface area (Å²) < 4.78 is 33.3. The van der Waals surface area contributed by atoms with Gasteiger partial charge in [-0.05, 0) is 38.0 Å². The number of nitrogens with zero attached hydrogens (tertiary/aromatic N) is 2. The first kappa shape index (κ1) is 19.1. The highest BCUT2D eigenvalue weighted by Crippen LogP contribution is 2.25. The van der Waals surface area contributed by atoms with Crippen molar-refractivity contribution in [2.75, 3.05) is 26.2 Å². The molecule has 2 heterocycles. The van der Waals surface area contributed by atoms with E-state index in [0.29, 0.717) is 18.0 Å². The van der Waals surface area contributed by atoms with Crippen LogP contribution in [0.1, 0.15) is 25.8 Å². The summed E-state index contributed by atoms with van der Waals surface area (Å²) in [5.74, 6) is 0. The molecule has 3 atom stereocenters. The smallest absolute Gasteiger partial charge is 0.317 e. The van der Waals surface area contributed by atoms with Crippen molar-refractivity contribution in [1.82, 2.24) is 14.5 Å². The van der Waals surface area contributed by atoms with Crippen LogP contribution in [0, 0.1) is 6.92 Å². The zero-order chi connectivity index (χ0) is 18.9. The topological polar surface area (TPSA) is 79.0 Å². The second-order valence-corrected chi connectivity index (χ2v) is 9.12. The molecule has 0 saturated carbocycles. The lowest BCUT2D eigenvalue weighted by atomic mass is 10.1. The molecule has 2 bridgehead atoms. The lowest BCUT2D eigenvalue weighted by Gasteiger charge is -2.45. The molecule has 2 fully saturated rings. The predicted molar refractivity (Wildman–Crippen MR) is 98.5 cm³/mol. The van der Waals surface area contributed by atoms with E-state index in [2.05, 4.69) is 5.32 Å². The van der Waals surface area contributed by atoms with Crippen molar-refractivity contribution in [3.63, 3.8) is 0 Å². The average Bonchev–Trinajstić information content (AvgIpc) is 2.60. The summed E-state index contributed by atoms with van der Waals surface area (Å²) in [5, 5.41) is 2.96. The molecule has 1 aromatic carbocycles. The molecule has 7 nitrogen and oxygen atoms in total. The summed E-state index contributed by atoms with van der Waals surface area (Å²) in [6.45, 7) is 7.19. The number of carbonyl (C=O) groups is 1. The van der Waals surface area contributed by atoms with Crippen LogP contribution in [-0.2, 0) is 14.8 Å². The maximum absolute atomic E-state index is 12.9. The Morgan fingerprint density at radius 3 is 2.50 bits per heavy atom. The third kappa shape index (κ3) is 4.02. The fraction of sp³-hybridized carbons (Fsp3) is 0.611. The first-order valence-corrected chi connectivity index (χ1v) is 10.5. The van der Waals surface area contributed by atoms with E-state index in [1.807, 2.05) is 26.8 Å². The lowest BCUT2D eigenvalue weighted by Crippen LogP contribution is -2.62. The minimum absolute atomic E-state index is 0.104. The number of amides is 2. The van der Waals surface area contributed by atoms with Gasteiger partial charge in [-0.3, -0.25) is 0 Å². The summed E-state index contributed by atoms with van der Waals surface area (Å²) >= 11 is 0. The van der Waals surface area contributed by atoms with E-state index in [-0.39, 0.29) is 37.4 Å². The summed E-state index contributed by atoms with van der Waals surface area (Å²) in [6, 6.07) is 6.95. The van der Waals surface area contributed by atoms with E-state index in [1.165, 1.54) is 4.31 Å². The number of benzene rings is 1. The van der Waals surface area contributed by atoms with E-state index in [0.717, 1.165) is 12.0 Å². The molecule has 0 aliphatic carbocycles. The van der Waals surface area contributed by atoms with Crippen LogP contribution in [-0.4, -0.2) is 68.1 Å². The standard InChI is InChI=1S/C18H27N3O4S/c1-4-14(3)19-18(22)20-9-15-11-21(12-16(10-20)25-15)26(23,24)17-7-5-6-13(2)8-17/h5-8,14-16H,4,9-12H2,1-3H3,(H,19,22)/t14-,15-,16+/m1/s1. The highest BCUT2D eigenvalue weighted by Gasteiger charge is 2.41. The Labute approximate surface area is 155 Å². The van der Waals surface area contributed by atoms with Crippen LogP contribution < -0.4 is 5.32 Å². The minimum atomic E-state index is -3.55. The molecule has 0 unspecified atom stereocenters. The molecule has 2 aliphatic rings. The van der Waals surface area contributed by atoms with Crippen molar-refractivity contribution >= 4 is 16.1 Å². The molecule has 1 N–H and O–H groups in total. The Morgan fingerprint density at radius 2 is 1.92 bits per heavy atom. The molecular weight excluding hydrogens is 354 g/mol. The van der Waals surface area contributed by atoms with Crippen LogP contribution in [0.2, 0.25) is 0 Å². The Balaban J connectivity index is 1.69. The molecule has 1 aromatic rings. The molecule has 0 radical (unpaired) electrons. The molecule has 8 heteroatoms. The van der Waals surface area contributed by atoms with E-state index >= 15 is 0 Å². The van der Waals surface area contributed by atoms with E-state index in [9.17, 15) is 13.2 Å². The van der Waals surface area contributed by atoms with Crippen LogP contribution in [0.3, 0.4) is 0 Å². The van der Waals surface area contributed by atoms with Crippen molar-refractivity contribution in [2.24, 2.45) is 0 Å². The number of hydrogen-bond acceptors (Lipinski definition) is 4. The Kier molecular flexibility index (Phi) is 5.55. The number of nitrogens with one attached hydrogen (secondary N) is 1. The van der Waals surface area contributed by atoms with Gasteiger partial charge in [-0.1, -0.05) is 19.1 Å². The van der Waals surface area contributed by atoms with Gasteiger partial charge in [-0.15, -0.1) is 0 Å². The number of fused-ring (bicyclic) bond motifs is 2. The fourth-order valence-electron chi connectivity index (χ4n) is 3.35. The van der Waals surface area contributed by atoms with Gasteiger partial charge in [0.25, 0.3) is 0 Å². The van der Waals surface area contributed by atoms with Crippen LogP contribution >= 0.6 is 0 Å². The zero-order valence-electron chi connectivity index (χ0n) is 15.5. The third-order valence-electron chi connectivity index (χ3n) is 4.94. The molecule has 144 valence electrons. The number of sulfonamides is 1. The number of morpholine rings is 2. The molecule has 2 saturated heterocycles. The Morgan fingerprint density at radius 1 is 1.27 bits per heavy atom. The monoisotopic (exact) mass is 381 g/mol. The van der Waals surface area contributed by atoms with Gasteiger partial charge in [0, 0.05) is 19.1 Å². The second kappa shape index (κ2) is 7.54. The maximum atomic E-state index is 12.9. The number of aryl methyl sites for hydroxylation is 1. The summed E-state index contributed by atoms with van der Waals surface area (Å²) in [5.41, 5.74) is 0.910. The van der Waals surface area contributed by atoms with Crippen molar-refractivity contribution in [3.05, 3.63) is 29.8 Å². The van der Waals surface area contributed by atoms with Gasteiger partial charge in [0.15, 0.2) is 0 Å². The van der Waals surface area contributed by atoms with Crippen LogP contribution in [0.15, 0.2) is 29.2 Å². The molecule has 0 aromatic heterocycles. The largest absolute Gasteiger partial charge is 0.369 e. The first-order valence-electron chi connectivity index (χ1n) is 9.07. The zero-order valence-corrected chi connectivity index (χ0v) is 16.3. The molecule has 2 aliphatic heterocycles. The highest BCUT2D eigenvalue weighted by atomic mass is 32.2. The van der Waals surface area contributed by atoms with E-state index in [1.54, 1.807) is 23.1 Å². The number of ether oxygens (including phenoxy) is 1. The van der Waals surface area contributed by atoms with E-state index in [4.69, 9.17) is 4.74 Å². The van der Waals surface area contributed by atoms with Gasteiger partial charge in [0.1, 0.15) is 0 Å². The SMILES string of the molecule is CC[C@@H](C)NC(=O)N1C[C@@H]2CN(S(=O)(=O)c3cccc(C)c3)C[C@H](C1)O2. The predicted octanol–water partition coefficient (Wildman–Crippen LogP) is 1.58. The van der Waals surface area contributed by atoms with Gasteiger partial charge < -0.3 is 15.0 Å². The van der Waals surface area contributed by atoms with Crippen LogP contribution in [0.5, 0.6) is 0 Å². The number of carbonyl (C=O) groups excluding carboxylic acids is 1. The van der Waals surface area contributed by atoms with Crippen molar-refractivity contribution in [3.8, 4) is 0 Å². The molecule has 26 heavy (non-hydrogen) atoms. The summed E-state index contributed by atoms with van der Waals surface area (Å²) in [4.78, 5) is 14.4. The molecular formula is C18H27N3O4S. The Bertz CT molecular complexity index is 753. The maximum Gasteiger partial charge on any atom is 0.317 e.